The zero-order valence-corrected chi connectivity index (χ0v) is 12.4. The van der Waals surface area contributed by atoms with Gasteiger partial charge >= 0.3 is 6.18 Å². The number of ether oxygens (including phenoxy) is 1. The van der Waals surface area contributed by atoms with Crippen molar-refractivity contribution in [1.82, 2.24) is 4.98 Å². The molecule has 3 nitrogen and oxygen atoms in total. The number of rotatable bonds is 2. The van der Waals surface area contributed by atoms with Crippen LogP contribution in [0.3, 0.4) is 0 Å². The number of hydrogen-bond acceptors (Lipinski definition) is 4. The van der Waals surface area contributed by atoms with Gasteiger partial charge < -0.3 is 10.5 Å². The van der Waals surface area contributed by atoms with E-state index >= 15 is 0 Å². The maximum atomic E-state index is 12.6. The number of fused-ring (bicyclic) bond motifs is 1. The number of hydrogen-bond donors (Lipinski definition) is 1. The molecule has 8 heteroatoms. The van der Waals surface area contributed by atoms with Crippen molar-refractivity contribution in [3.05, 3.63) is 47.0 Å². The van der Waals surface area contributed by atoms with Crippen LogP contribution in [0.5, 0.6) is 11.5 Å². The Kier molecular flexibility index (Phi) is 3.62. The Labute approximate surface area is 132 Å². The van der Waals surface area contributed by atoms with Crippen molar-refractivity contribution in [3.8, 4) is 11.5 Å². The van der Waals surface area contributed by atoms with Crippen LogP contribution >= 0.6 is 22.9 Å². The molecule has 0 fully saturated rings. The van der Waals surface area contributed by atoms with E-state index in [4.69, 9.17) is 22.1 Å². The SMILES string of the molecule is Nc1nc2ccc(Oc3ccc(C(F)(F)F)cc3Cl)cc2s1. The lowest BCUT2D eigenvalue weighted by Crippen LogP contribution is -2.04. The molecule has 3 aromatic rings. The standard InChI is InChI=1S/C14H8ClF3N2OS/c15-9-5-7(14(16,17)18)1-4-11(9)21-8-2-3-10-12(6-8)22-13(19)20-10/h1-6H,(H2,19,20). The van der Waals surface area contributed by atoms with Crippen LogP contribution in [0.4, 0.5) is 18.3 Å². The second-order valence-corrected chi connectivity index (χ2v) is 5.90. The van der Waals surface area contributed by atoms with Gasteiger partial charge in [0.15, 0.2) is 5.13 Å². The van der Waals surface area contributed by atoms with Gasteiger partial charge in [-0.25, -0.2) is 4.98 Å². The Morgan fingerprint density at radius 1 is 1.14 bits per heavy atom. The molecule has 2 aromatic carbocycles. The molecule has 1 heterocycles. The number of benzene rings is 2. The first kappa shape index (κ1) is 14.9. The van der Waals surface area contributed by atoms with E-state index in [2.05, 4.69) is 4.98 Å². The lowest BCUT2D eigenvalue weighted by atomic mass is 10.2. The second-order valence-electron chi connectivity index (χ2n) is 4.43. The monoisotopic (exact) mass is 344 g/mol. The zero-order chi connectivity index (χ0) is 15.9. The molecule has 0 amide bonds. The Morgan fingerprint density at radius 3 is 2.59 bits per heavy atom. The van der Waals surface area contributed by atoms with Gasteiger partial charge in [-0.05, 0) is 30.3 Å². The molecule has 0 bridgehead atoms. The zero-order valence-electron chi connectivity index (χ0n) is 10.8. The fraction of sp³-hybridized carbons (Fsp3) is 0.0714. The van der Waals surface area contributed by atoms with Gasteiger partial charge in [-0.2, -0.15) is 13.2 Å². The van der Waals surface area contributed by atoms with Gasteiger partial charge in [0.1, 0.15) is 11.5 Å². The Morgan fingerprint density at radius 2 is 1.91 bits per heavy atom. The summed E-state index contributed by atoms with van der Waals surface area (Å²) < 4.78 is 44.1. The normalized spacial score (nSPS) is 11.8. The van der Waals surface area contributed by atoms with Gasteiger partial charge in [-0.3, -0.25) is 0 Å². The number of aromatic nitrogens is 1. The number of anilines is 1. The first-order valence-corrected chi connectivity index (χ1v) is 7.23. The molecule has 0 saturated carbocycles. The van der Waals surface area contributed by atoms with Gasteiger partial charge in [0.25, 0.3) is 0 Å². The molecule has 0 aliphatic rings. The minimum Gasteiger partial charge on any atom is -0.456 e. The van der Waals surface area contributed by atoms with E-state index in [0.29, 0.717) is 10.9 Å². The molecule has 3 rings (SSSR count). The number of nitrogens with zero attached hydrogens (tertiary/aromatic N) is 1. The molecule has 0 saturated heterocycles. The smallest absolute Gasteiger partial charge is 0.416 e. The van der Waals surface area contributed by atoms with Crippen molar-refractivity contribution < 1.29 is 17.9 Å². The van der Waals surface area contributed by atoms with E-state index in [1.165, 1.54) is 17.4 Å². The Hall–Kier alpha value is -1.99. The van der Waals surface area contributed by atoms with Crippen molar-refractivity contribution >= 4 is 38.3 Å². The maximum Gasteiger partial charge on any atom is 0.416 e. The summed E-state index contributed by atoms with van der Waals surface area (Å²) in [4.78, 5) is 4.11. The quantitative estimate of drug-likeness (QED) is 0.682. The molecule has 0 atom stereocenters. The summed E-state index contributed by atoms with van der Waals surface area (Å²) in [5, 5.41) is 0.318. The van der Waals surface area contributed by atoms with Crippen LogP contribution in [-0.2, 0) is 6.18 Å². The van der Waals surface area contributed by atoms with Crippen LogP contribution in [-0.4, -0.2) is 4.98 Å². The third-order valence-corrected chi connectivity index (χ3v) is 4.01. The molecule has 0 radical (unpaired) electrons. The molecule has 114 valence electrons. The Balaban J connectivity index is 1.91. The minimum atomic E-state index is -4.44. The molecule has 2 N–H and O–H groups in total. The molecular formula is C14H8ClF3N2OS. The average molecular weight is 345 g/mol. The number of halogens is 4. The van der Waals surface area contributed by atoms with E-state index in [9.17, 15) is 13.2 Å². The van der Waals surface area contributed by atoms with Crippen LogP contribution in [0.15, 0.2) is 36.4 Å². The summed E-state index contributed by atoms with van der Waals surface area (Å²) in [6.45, 7) is 0. The van der Waals surface area contributed by atoms with E-state index < -0.39 is 11.7 Å². The molecular weight excluding hydrogens is 337 g/mol. The number of thiazole rings is 1. The van der Waals surface area contributed by atoms with Crippen LogP contribution in [0.25, 0.3) is 10.2 Å². The van der Waals surface area contributed by atoms with E-state index in [0.717, 1.165) is 22.3 Å². The van der Waals surface area contributed by atoms with Gasteiger partial charge in [0.05, 0.1) is 20.8 Å². The van der Waals surface area contributed by atoms with E-state index in [1.807, 2.05) is 0 Å². The fourth-order valence-electron chi connectivity index (χ4n) is 1.87. The summed E-state index contributed by atoms with van der Waals surface area (Å²) in [6, 6.07) is 8.02. The predicted octanol–water partition coefficient (Wildman–Crippen LogP) is 5.34. The predicted molar refractivity (Wildman–Crippen MR) is 80.6 cm³/mol. The van der Waals surface area contributed by atoms with Gasteiger partial charge in [-0.1, -0.05) is 22.9 Å². The summed E-state index contributed by atoms with van der Waals surface area (Å²) in [6.07, 6.45) is -4.44. The summed E-state index contributed by atoms with van der Waals surface area (Å²) in [5.74, 6) is 0.587. The Bertz CT molecular complexity index is 848. The van der Waals surface area contributed by atoms with Crippen LogP contribution in [0, 0.1) is 0 Å². The molecule has 0 aliphatic heterocycles. The summed E-state index contributed by atoms with van der Waals surface area (Å²) >= 11 is 7.14. The number of nitrogen functional groups attached to an aromatic ring is 1. The van der Waals surface area contributed by atoms with Gasteiger partial charge in [0, 0.05) is 6.07 Å². The first-order valence-electron chi connectivity index (χ1n) is 6.03. The third-order valence-electron chi connectivity index (χ3n) is 2.86. The topological polar surface area (TPSA) is 48.1 Å². The summed E-state index contributed by atoms with van der Waals surface area (Å²) in [5.41, 5.74) is 5.52. The highest BCUT2D eigenvalue weighted by atomic mass is 35.5. The molecule has 22 heavy (non-hydrogen) atoms. The second kappa shape index (κ2) is 5.33. The third kappa shape index (κ3) is 2.95. The molecule has 0 spiro atoms. The van der Waals surface area contributed by atoms with Crippen LogP contribution in [0.1, 0.15) is 5.56 Å². The molecule has 1 aromatic heterocycles. The molecule has 0 aliphatic carbocycles. The molecule has 0 unspecified atom stereocenters. The minimum absolute atomic E-state index is 0.112. The van der Waals surface area contributed by atoms with Gasteiger partial charge in [0.2, 0.25) is 0 Å². The highest BCUT2D eigenvalue weighted by molar-refractivity contribution is 7.22. The highest BCUT2D eigenvalue weighted by Crippen LogP contribution is 2.37. The van der Waals surface area contributed by atoms with Crippen LogP contribution in [0.2, 0.25) is 5.02 Å². The van der Waals surface area contributed by atoms with Crippen molar-refractivity contribution in [2.45, 2.75) is 6.18 Å². The largest absolute Gasteiger partial charge is 0.456 e. The van der Waals surface area contributed by atoms with E-state index in [-0.39, 0.29) is 10.8 Å². The lowest BCUT2D eigenvalue weighted by Gasteiger charge is -2.11. The van der Waals surface area contributed by atoms with Crippen molar-refractivity contribution in [2.75, 3.05) is 5.73 Å². The highest BCUT2D eigenvalue weighted by Gasteiger charge is 2.31. The number of alkyl halides is 3. The number of nitrogens with two attached hydrogens (primary N) is 1. The first-order chi connectivity index (χ1) is 10.3. The lowest BCUT2D eigenvalue weighted by molar-refractivity contribution is -0.137. The van der Waals surface area contributed by atoms with Crippen molar-refractivity contribution in [3.63, 3.8) is 0 Å². The summed E-state index contributed by atoms with van der Waals surface area (Å²) in [7, 11) is 0. The van der Waals surface area contributed by atoms with E-state index in [1.54, 1.807) is 18.2 Å². The van der Waals surface area contributed by atoms with Crippen molar-refractivity contribution in [2.24, 2.45) is 0 Å². The maximum absolute atomic E-state index is 12.6. The fourth-order valence-corrected chi connectivity index (χ4v) is 2.85. The average Bonchev–Trinajstić information content (AvgIpc) is 2.79. The van der Waals surface area contributed by atoms with Crippen LogP contribution < -0.4 is 10.5 Å². The van der Waals surface area contributed by atoms with Crippen molar-refractivity contribution in [1.29, 1.82) is 0 Å². The van der Waals surface area contributed by atoms with Gasteiger partial charge in [-0.15, -0.1) is 0 Å².